The summed E-state index contributed by atoms with van der Waals surface area (Å²) < 4.78 is 5.33. The van der Waals surface area contributed by atoms with Gasteiger partial charge in [0.15, 0.2) is 6.29 Å². The molecule has 1 saturated heterocycles. The number of rotatable bonds is 4. The molecule has 1 N–H and O–H groups in total. The summed E-state index contributed by atoms with van der Waals surface area (Å²) in [6, 6.07) is 9.62. The van der Waals surface area contributed by atoms with Crippen molar-refractivity contribution in [3.8, 4) is 0 Å². The second-order valence-electron chi connectivity index (χ2n) is 4.12. The van der Waals surface area contributed by atoms with Crippen LogP contribution in [0.15, 0.2) is 36.4 Å². The third-order valence-electron chi connectivity index (χ3n) is 2.66. The minimum Gasteiger partial charge on any atom is -0.350 e. The molecule has 1 fully saturated rings. The van der Waals surface area contributed by atoms with E-state index in [2.05, 4.69) is 5.48 Å². The SMILES string of the molecule is O=C(/C=C/c1ccccc1)NO[C@@H]1CCCCO1. The Labute approximate surface area is 107 Å². The Bertz CT molecular complexity index is 397. The van der Waals surface area contributed by atoms with E-state index in [-0.39, 0.29) is 12.2 Å². The van der Waals surface area contributed by atoms with Crippen LogP contribution in [0.5, 0.6) is 0 Å². The van der Waals surface area contributed by atoms with Crippen LogP contribution in [0.2, 0.25) is 0 Å². The van der Waals surface area contributed by atoms with Crippen molar-refractivity contribution in [1.82, 2.24) is 5.48 Å². The van der Waals surface area contributed by atoms with Crippen molar-refractivity contribution in [1.29, 1.82) is 0 Å². The average Bonchev–Trinajstić information content (AvgIpc) is 2.45. The molecule has 1 aromatic rings. The van der Waals surface area contributed by atoms with E-state index in [1.54, 1.807) is 6.08 Å². The maximum Gasteiger partial charge on any atom is 0.267 e. The number of amides is 1. The molecule has 0 bridgehead atoms. The Kier molecular flexibility index (Phi) is 4.93. The van der Waals surface area contributed by atoms with Gasteiger partial charge in [-0.15, -0.1) is 0 Å². The zero-order valence-corrected chi connectivity index (χ0v) is 10.2. The molecule has 0 aromatic heterocycles. The van der Waals surface area contributed by atoms with E-state index in [1.807, 2.05) is 30.3 Å². The van der Waals surface area contributed by atoms with Gasteiger partial charge in [0.2, 0.25) is 0 Å². The van der Waals surface area contributed by atoms with Crippen molar-refractivity contribution in [2.45, 2.75) is 25.6 Å². The zero-order chi connectivity index (χ0) is 12.6. The van der Waals surface area contributed by atoms with Gasteiger partial charge in [0.05, 0.1) is 0 Å². The highest BCUT2D eigenvalue weighted by atomic mass is 16.8. The van der Waals surface area contributed by atoms with Gasteiger partial charge in [0, 0.05) is 19.1 Å². The first kappa shape index (κ1) is 12.8. The largest absolute Gasteiger partial charge is 0.350 e. The number of benzene rings is 1. The van der Waals surface area contributed by atoms with Gasteiger partial charge in [-0.2, -0.15) is 0 Å². The molecule has 0 spiro atoms. The molecule has 0 aliphatic carbocycles. The molecular weight excluding hydrogens is 230 g/mol. The lowest BCUT2D eigenvalue weighted by atomic mass is 10.2. The van der Waals surface area contributed by atoms with E-state index in [1.165, 1.54) is 6.08 Å². The third kappa shape index (κ3) is 4.31. The fourth-order valence-electron chi connectivity index (χ4n) is 1.70. The minimum atomic E-state index is -0.312. The second kappa shape index (κ2) is 6.93. The van der Waals surface area contributed by atoms with Gasteiger partial charge >= 0.3 is 0 Å². The Morgan fingerprint density at radius 2 is 2.17 bits per heavy atom. The predicted octanol–water partition coefficient (Wildman–Crippen LogP) is 2.27. The van der Waals surface area contributed by atoms with Crippen LogP contribution in [0.25, 0.3) is 6.08 Å². The molecule has 0 radical (unpaired) electrons. The summed E-state index contributed by atoms with van der Waals surface area (Å²) >= 11 is 0. The first-order valence-corrected chi connectivity index (χ1v) is 6.15. The lowest BCUT2D eigenvalue weighted by Crippen LogP contribution is -2.32. The number of nitrogens with one attached hydrogen (secondary N) is 1. The van der Waals surface area contributed by atoms with E-state index in [9.17, 15) is 4.79 Å². The van der Waals surface area contributed by atoms with Crippen molar-refractivity contribution in [3.05, 3.63) is 42.0 Å². The molecule has 4 heteroatoms. The maximum atomic E-state index is 11.5. The molecule has 0 saturated carbocycles. The average molecular weight is 247 g/mol. The molecule has 1 heterocycles. The topological polar surface area (TPSA) is 47.6 Å². The number of hydrogen-bond donors (Lipinski definition) is 1. The third-order valence-corrected chi connectivity index (χ3v) is 2.66. The van der Waals surface area contributed by atoms with Crippen LogP contribution in [0.3, 0.4) is 0 Å². The molecule has 96 valence electrons. The van der Waals surface area contributed by atoms with Crippen LogP contribution >= 0.6 is 0 Å². The van der Waals surface area contributed by atoms with E-state index in [4.69, 9.17) is 9.57 Å². The number of carbonyl (C=O) groups excluding carboxylic acids is 1. The van der Waals surface area contributed by atoms with Crippen LogP contribution in [0, 0.1) is 0 Å². The Balaban J connectivity index is 1.73. The van der Waals surface area contributed by atoms with Crippen LogP contribution < -0.4 is 5.48 Å². The maximum absolute atomic E-state index is 11.5. The van der Waals surface area contributed by atoms with Gasteiger partial charge < -0.3 is 4.74 Å². The molecule has 4 nitrogen and oxygen atoms in total. The van der Waals surface area contributed by atoms with Crippen molar-refractivity contribution in [2.75, 3.05) is 6.61 Å². The van der Waals surface area contributed by atoms with E-state index in [0.717, 1.165) is 24.8 Å². The molecule has 1 amide bonds. The molecule has 1 aromatic carbocycles. The molecule has 0 unspecified atom stereocenters. The summed E-state index contributed by atoms with van der Waals surface area (Å²) in [6.07, 6.45) is 5.82. The van der Waals surface area contributed by atoms with Gasteiger partial charge in [0.1, 0.15) is 0 Å². The highest BCUT2D eigenvalue weighted by Gasteiger charge is 2.14. The summed E-state index contributed by atoms with van der Waals surface area (Å²) in [6.45, 7) is 0.695. The van der Waals surface area contributed by atoms with Gasteiger partial charge in [-0.25, -0.2) is 10.3 Å². The standard InChI is InChI=1S/C14H17NO3/c16-13(10-9-12-6-2-1-3-7-12)15-18-14-8-4-5-11-17-14/h1-3,6-7,9-10,14H,4-5,8,11H2,(H,15,16)/b10-9+/t14-/m1/s1. The minimum absolute atomic E-state index is 0.284. The Hall–Kier alpha value is -1.65. The lowest BCUT2D eigenvalue weighted by Gasteiger charge is -2.21. The smallest absolute Gasteiger partial charge is 0.267 e. The molecular formula is C14H17NO3. The second-order valence-corrected chi connectivity index (χ2v) is 4.12. The summed E-state index contributed by atoms with van der Waals surface area (Å²) in [5.41, 5.74) is 3.35. The Morgan fingerprint density at radius 3 is 2.89 bits per heavy atom. The predicted molar refractivity (Wildman–Crippen MR) is 68.3 cm³/mol. The van der Waals surface area contributed by atoms with Crippen LogP contribution in [0.1, 0.15) is 24.8 Å². The van der Waals surface area contributed by atoms with Crippen LogP contribution in [-0.2, 0) is 14.4 Å². The molecule has 1 atom stereocenters. The summed E-state index contributed by atoms with van der Waals surface area (Å²) in [4.78, 5) is 16.6. The van der Waals surface area contributed by atoms with Crippen molar-refractivity contribution < 1.29 is 14.4 Å². The van der Waals surface area contributed by atoms with Gasteiger partial charge in [-0.1, -0.05) is 30.3 Å². The van der Waals surface area contributed by atoms with Gasteiger partial charge in [0.25, 0.3) is 5.91 Å². The van der Waals surface area contributed by atoms with E-state index < -0.39 is 0 Å². The first-order chi connectivity index (χ1) is 8.84. The van der Waals surface area contributed by atoms with Gasteiger partial charge in [-0.05, 0) is 24.5 Å². The quantitative estimate of drug-likeness (QED) is 0.656. The fraction of sp³-hybridized carbons (Fsp3) is 0.357. The summed E-state index contributed by atoms with van der Waals surface area (Å²) in [5.74, 6) is -0.284. The first-order valence-electron chi connectivity index (χ1n) is 6.15. The summed E-state index contributed by atoms with van der Waals surface area (Å²) in [7, 11) is 0. The molecule has 18 heavy (non-hydrogen) atoms. The number of hydrogen-bond acceptors (Lipinski definition) is 3. The van der Waals surface area contributed by atoms with Crippen molar-refractivity contribution in [3.63, 3.8) is 0 Å². The van der Waals surface area contributed by atoms with E-state index >= 15 is 0 Å². The van der Waals surface area contributed by atoms with Gasteiger partial charge in [-0.3, -0.25) is 4.79 Å². The fourth-order valence-corrected chi connectivity index (χ4v) is 1.70. The van der Waals surface area contributed by atoms with Crippen molar-refractivity contribution in [2.24, 2.45) is 0 Å². The number of carbonyl (C=O) groups is 1. The highest BCUT2D eigenvalue weighted by Crippen LogP contribution is 2.12. The molecule has 1 aliphatic rings. The Morgan fingerprint density at radius 1 is 1.33 bits per heavy atom. The van der Waals surface area contributed by atoms with Crippen molar-refractivity contribution >= 4 is 12.0 Å². The van der Waals surface area contributed by atoms with Crippen LogP contribution in [0.4, 0.5) is 0 Å². The van der Waals surface area contributed by atoms with Crippen LogP contribution in [-0.4, -0.2) is 18.8 Å². The molecule has 1 aliphatic heterocycles. The van der Waals surface area contributed by atoms with E-state index in [0.29, 0.717) is 6.61 Å². The zero-order valence-electron chi connectivity index (χ0n) is 10.2. The number of hydroxylamine groups is 1. The highest BCUT2D eigenvalue weighted by molar-refractivity contribution is 5.90. The summed E-state index contributed by atoms with van der Waals surface area (Å²) in [5, 5.41) is 0. The lowest BCUT2D eigenvalue weighted by molar-refractivity contribution is -0.198. The monoisotopic (exact) mass is 247 g/mol. The molecule has 2 rings (SSSR count). The number of ether oxygens (including phenoxy) is 1. The normalized spacial score (nSPS) is 19.9.